The van der Waals surface area contributed by atoms with Gasteiger partial charge in [0, 0.05) is 19.1 Å². The van der Waals surface area contributed by atoms with E-state index >= 15 is 0 Å². The topological polar surface area (TPSA) is 21.7 Å². The second kappa shape index (κ2) is 6.16. The molecule has 0 amide bonds. The minimum absolute atomic E-state index is 0.238. The lowest BCUT2D eigenvalue weighted by molar-refractivity contribution is -0.0522. The Labute approximate surface area is 107 Å². The Bertz CT molecular complexity index is 369. The van der Waals surface area contributed by atoms with Gasteiger partial charge in [-0.2, -0.15) is 0 Å². The van der Waals surface area contributed by atoms with Crippen molar-refractivity contribution in [2.75, 3.05) is 26.3 Å². The van der Waals surface area contributed by atoms with E-state index in [4.69, 9.17) is 9.47 Å². The number of rotatable bonds is 4. The zero-order valence-corrected chi connectivity index (χ0v) is 10.9. The summed E-state index contributed by atoms with van der Waals surface area (Å²) < 4.78 is 23.9. The van der Waals surface area contributed by atoms with Gasteiger partial charge in [-0.3, -0.25) is 4.90 Å². The number of halogens is 1. The van der Waals surface area contributed by atoms with Gasteiger partial charge in [0.1, 0.15) is 18.2 Å². The smallest absolute Gasteiger partial charge is 0.123 e. The fraction of sp³-hybridized carbons (Fsp3) is 0.571. The molecule has 1 saturated heterocycles. The lowest BCUT2D eigenvalue weighted by atomic mass is 10.2. The Kier molecular flexibility index (Phi) is 4.55. The van der Waals surface area contributed by atoms with E-state index in [-0.39, 0.29) is 11.9 Å². The Morgan fingerprint density at radius 1 is 1.33 bits per heavy atom. The molecule has 1 fully saturated rings. The van der Waals surface area contributed by atoms with Crippen LogP contribution in [0.5, 0.6) is 5.75 Å². The third-order valence-corrected chi connectivity index (χ3v) is 3.20. The molecular weight excluding hydrogens is 233 g/mol. The maximum Gasteiger partial charge on any atom is 0.123 e. The van der Waals surface area contributed by atoms with Gasteiger partial charge in [-0.15, -0.1) is 0 Å². The monoisotopic (exact) mass is 253 g/mol. The van der Waals surface area contributed by atoms with Crippen molar-refractivity contribution in [2.45, 2.75) is 26.0 Å². The summed E-state index contributed by atoms with van der Waals surface area (Å²) in [4.78, 5) is 2.36. The van der Waals surface area contributed by atoms with Crippen molar-refractivity contribution in [3.8, 4) is 5.75 Å². The molecule has 0 spiro atoms. The first-order valence-electron chi connectivity index (χ1n) is 6.39. The number of hydrogen-bond donors (Lipinski definition) is 0. The summed E-state index contributed by atoms with van der Waals surface area (Å²) in [6, 6.07) is 6.56. The van der Waals surface area contributed by atoms with Gasteiger partial charge in [-0.1, -0.05) is 0 Å². The highest BCUT2D eigenvalue weighted by Gasteiger charge is 2.22. The maximum absolute atomic E-state index is 12.7. The first kappa shape index (κ1) is 13.3. The van der Waals surface area contributed by atoms with Gasteiger partial charge in [0.2, 0.25) is 0 Å². The number of hydrogen-bond acceptors (Lipinski definition) is 3. The summed E-state index contributed by atoms with van der Waals surface area (Å²) in [7, 11) is 0. The molecule has 3 nitrogen and oxygen atoms in total. The number of morpholine rings is 1. The molecule has 0 saturated carbocycles. The summed E-state index contributed by atoms with van der Waals surface area (Å²) in [6.07, 6.45) is 0.284. The molecule has 0 radical (unpaired) electrons. The van der Waals surface area contributed by atoms with Crippen LogP contribution in [0.25, 0.3) is 0 Å². The van der Waals surface area contributed by atoms with Crippen LogP contribution in [-0.4, -0.2) is 43.3 Å². The molecule has 0 aliphatic carbocycles. The first-order valence-corrected chi connectivity index (χ1v) is 6.39. The Balaban J connectivity index is 1.76. The summed E-state index contributed by atoms with van der Waals surface area (Å²) >= 11 is 0. The predicted octanol–water partition coefficient (Wildman–Crippen LogP) is 2.31. The predicted molar refractivity (Wildman–Crippen MR) is 68.3 cm³/mol. The van der Waals surface area contributed by atoms with Gasteiger partial charge < -0.3 is 9.47 Å². The molecule has 2 rings (SSSR count). The molecule has 2 unspecified atom stereocenters. The summed E-state index contributed by atoms with van der Waals surface area (Å²) in [5.74, 6) is 0.475. The van der Waals surface area contributed by atoms with E-state index < -0.39 is 0 Å². The molecule has 0 N–H and O–H groups in total. The number of benzene rings is 1. The summed E-state index contributed by atoms with van der Waals surface area (Å²) in [6.45, 7) is 7.43. The van der Waals surface area contributed by atoms with Gasteiger partial charge in [0.05, 0.1) is 12.7 Å². The van der Waals surface area contributed by atoms with Crippen LogP contribution in [0.2, 0.25) is 0 Å². The van der Waals surface area contributed by atoms with Crippen LogP contribution in [0, 0.1) is 5.82 Å². The molecule has 0 aromatic heterocycles. The molecule has 2 atom stereocenters. The lowest BCUT2D eigenvalue weighted by Gasteiger charge is -2.36. The van der Waals surface area contributed by atoms with Crippen molar-refractivity contribution in [1.29, 1.82) is 0 Å². The third-order valence-electron chi connectivity index (χ3n) is 3.20. The molecule has 1 aromatic rings. The fourth-order valence-corrected chi connectivity index (χ4v) is 2.10. The van der Waals surface area contributed by atoms with Gasteiger partial charge in [-0.25, -0.2) is 4.39 Å². The summed E-state index contributed by atoms with van der Waals surface area (Å²) in [5.41, 5.74) is 0. The lowest BCUT2D eigenvalue weighted by Crippen LogP contribution is -2.48. The van der Waals surface area contributed by atoms with Crippen LogP contribution in [0.1, 0.15) is 13.8 Å². The molecule has 1 aromatic carbocycles. The quantitative estimate of drug-likeness (QED) is 0.822. The second-order valence-corrected chi connectivity index (χ2v) is 4.79. The van der Waals surface area contributed by atoms with Crippen LogP contribution < -0.4 is 4.74 Å². The molecule has 1 aliphatic heterocycles. The van der Waals surface area contributed by atoms with Crippen LogP contribution >= 0.6 is 0 Å². The SMILES string of the molecule is CC1CN(CCOc2ccc(F)cc2)C(C)CO1. The van der Waals surface area contributed by atoms with Crippen molar-refractivity contribution >= 4 is 0 Å². The van der Waals surface area contributed by atoms with Crippen molar-refractivity contribution in [2.24, 2.45) is 0 Å². The Hall–Kier alpha value is -1.13. The highest BCUT2D eigenvalue weighted by Crippen LogP contribution is 2.13. The molecule has 4 heteroatoms. The normalized spacial score (nSPS) is 25.1. The molecule has 0 bridgehead atoms. The fourth-order valence-electron chi connectivity index (χ4n) is 2.10. The average Bonchev–Trinajstić information content (AvgIpc) is 2.36. The van der Waals surface area contributed by atoms with E-state index in [0.717, 1.165) is 19.7 Å². The highest BCUT2D eigenvalue weighted by atomic mass is 19.1. The van der Waals surface area contributed by atoms with Gasteiger partial charge in [0.15, 0.2) is 0 Å². The van der Waals surface area contributed by atoms with E-state index in [0.29, 0.717) is 18.4 Å². The number of nitrogens with zero attached hydrogens (tertiary/aromatic N) is 1. The minimum atomic E-state index is -0.238. The summed E-state index contributed by atoms with van der Waals surface area (Å²) in [5, 5.41) is 0. The first-order chi connectivity index (χ1) is 8.65. The van der Waals surface area contributed by atoms with Crippen LogP contribution in [-0.2, 0) is 4.74 Å². The standard InChI is InChI=1S/C14H20FNO2/c1-11-10-18-12(2)9-16(11)7-8-17-14-5-3-13(15)4-6-14/h3-6,11-12H,7-10H2,1-2H3. The Morgan fingerprint density at radius 3 is 2.78 bits per heavy atom. The van der Waals surface area contributed by atoms with E-state index in [1.807, 2.05) is 0 Å². The average molecular weight is 253 g/mol. The van der Waals surface area contributed by atoms with Crippen molar-refractivity contribution < 1.29 is 13.9 Å². The van der Waals surface area contributed by atoms with Crippen LogP contribution in [0.4, 0.5) is 4.39 Å². The van der Waals surface area contributed by atoms with Crippen LogP contribution in [0.15, 0.2) is 24.3 Å². The third kappa shape index (κ3) is 3.68. The van der Waals surface area contributed by atoms with E-state index in [1.165, 1.54) is 12.1 Å². The Morgan fingerprint density at radius 2 is 2.06 bits per heavy atom. The molecule has 18 heavy (non-hydrogen) atoms. The highest BCUT2D eigenvalue weighted by molar-refractivity contribution is 5.21. The largest absolute Gasteiger partial charge is 0.492 e. The second-order valence-electron chi connectivity index (χ2n) is 4.79. The molecule has 1 heterocycles. The van der Waals surface area contributed by atoms with Gasteiger partial charge in [0.25, 0.3) is 0 Å². The van der Waals surface area contributed by atoms with Gasteiger partial charge in [-0.05, 0) is 38.1 Å². The maximum atomic E-state index is 12.7. The van der Waals surface area contributed by atoms with E-state index in [1.54, 1.807) is 12.1 Å². The van der Waals surface area contributed by atoms with Crippen LogP contribution in [0.3, 0.4) is 0 Å². The molecular formula is C14H20FNO2. The van der Waals surface area contributed by atoms with Crippen molar-refractivity contribution in [3.05, 3.63) is 30.1 Å². The van der Waals surface area contributed by atoms with Crippen molar-refractivity contribution in [1.82, 2.24) is 4.90 Å². The van der Waals surface area contributed by atoms with Gasteiger partial charge >= 0.3 is 0 Å². The zero-order valence-electron chi connectivity index (χ0n) is 10.9. The van der Waals surface area contributed by atoms with Crippen molar-refractivity contribution in [3.63, 3.8) is 0 Å². The van der Waals surface area contributed by atoms with E-state index in [9.17, 15) is 4.39 Å². The van der Waals surface area contributed by atoms with E-state index in [2.05, 4.69) is 18.7 Å². The zero-order chi connectivity index (χ0) is 13.0. The minimum Gasteiger partial charge on any atom is -0.492 e. The molecule has 1 aliphatic rings. The molecule has 100 valence electrons. The number of ether oxygens (including phenoxy) is 2.